The molecule has 0 saturated carbocycles. The first-order chi connectivity index (χ1) is 13.6. The van der Waals surface area contributed by atoms with Crippen molar-refractivity contribution in [3.63, 3.8) is 0 Å². The smallest absolute Gasteiger partial charge is 0.349 e. The molecule has 6 heteroatoms. The van der Waals surface area contributed by atoms with Crippen molar-refractivity contribution in [2.24, 2.45) is 0 Å². The van der Waals surface area contributed by atoms with E-state index in [-0.39, 0.29) is 24.0 Å². The normalized spacial score (nSPS) is 16.4. The summed E-state index contributed by atoms with van der Waals surface area (Å²) in [5.41, 5.74) is 0.361. The zero-order chi connectivity index (χ0) is 19.5. The van der Waals surface area contributed by atoms with E-state index in [0.717, 1.165) is 12.8 Å². The van der Waals surface area contributed by atoms with Crippen molar-refractivity contribution >= 4 is 16.9 Å². The van der Waals surface area contributed by atoms with Gasteiger partial charge in [0.25, 0.3) is 5.91 Å². The highest BCUT2D eigenvalue weighted by Crippen LogP contribution is 2.22. The van der Waals surface area contributed by atoms with Gasteiger partial charge < -0.3 is 19.2 Å². The van der Waals surface area contributed by atoms with Gasteiger partial charge >= 0.3 is 5.63 Å². The van der Waals surface area contributed by atoms with Crippen LogP contribution >= 0.6 is 0 Å². The van der Waals surface area contributed by atoms with Gasteiger partial charge in [-0.15, -0.1) is 0 Å². The van der Waals surface area contributed by atoms with E-state index in [1.165, 1.54) is 0 Å². The molecule has 1 aliphatic heterocycles. The Kier molecular flexibility index (Phi) is 5.12. The predicted molar refractivity (Wildman–Crippen MR) is 104 cm³/mol. The van der Waals surface area contributed by atoms with Crippen LogP contribution in [0.25, 0.3) is 11.0 Å². The molecule has 1 aromatic heterocycles. The Labute approximate surface area is 162 Å². The van der Waals surface area contributed by atoms with Gasteiger partial charge in [0.2, 0.25) is 0 Å². The molecule has 0 bridgehead atoms. The highest BCUT2D eigenvalue weighted by molar-refractivity contribution is 5.96. The van der Waals surface area contributed by atoms with Crippen molar-refractivity contribution in [1.29, 1.82) is 0 Å². The molecule has 3 aromatic rings. The second-order valence-corrected chi connectivity index (χ2v) is 6.93. The Bertz CT molecular complexity index is 1050. The minimum atomic E-state index is -0.668. The van der Waals surface area contributed by atoms with E-state index in [2.05, 4.69) is 0 Å². The van der Waals surface area contributed by atoms with Gasteiger partial charge in [-0.3, -0.25) is 4.79 Å². The lowest BCUT2D eigenvalue weighted by Crippen LogP contribution is -2.38. The van der Waals surface area contributed by atoms with E-state index < -0.39 is 11.5 Å². The van der Waals surface area contributed by atoms with Gasteiger partial charge in [0.1, 0.15) is 16.9 Å². The second kappa shape index (κ2) is 7.86. The molecule has 1 amide bonds. The maximum atomic E-state index is 13.2. The number of benzene rings is 2. The fourth-order valence-corrected chi connectivity index (χ4v) is 3.48. The van der Waals surface area contributed by atoms with Crippen molar-refractivity contribution in [1.82, 2.24) is 4.90 Å². The third kappa shape index (κ3) is 3.77. The number of hydrogen-bond acceptors (Lipinski definition) is 5. The Balaban J connectivity index is 1.68. The first-order valence-corrected chi connectivity index (χ1v) is 9.32. The number of phenolic OH excluding ortho intramolecular Hbond substituents is 1. The van der Waals surface area contributed by atoms with Crippen LogP contribution < -0.4 is 5.63 Å². The predicted octanol–water partition coefficient (Wildman–Crippen LogP) is 3.32. The highest BCUT2D eigenvalue weighted by Gasteiger charge is 2.26. The molecular formula is C22H21NO5. The maximum Gasteiger partial charge on any atom is 0.349 e. The van der Waals surface area contributed by atoms with Gasteiger partial charge in [0, 0.05) is 30.6 Å². The summed E-state index contributed by atoms with van der Waals surface area (Å²) in [7, 11) is 0. The number of ether oxygens (including phenoxy) is 1. The summed E-state index contributed by atoms with van der Waals surface area (Å²) in [6.45, 7) is 1.19. The SMILES string of the molecule is O=C(c1cc2ccccc2oc1=O)N(Cc1ccccc1O)CC1CCCO1. The zero-order valence-corrected chi connectivity index (χ0v) is 15.3. The second-order valence-electron chi connectivity index (χ2n) is 6.93. The lowest BCUT2D eigenvalue weighted by molar-refractivity contribution is 0.0503. The molecule has 144 valence electrons. The lowest BCUT2D eigenvalue weighted by atomic mass is 10.1. The third-order valence-corrected chi connectivity index (χ3v) is 4.96. The molecule has 0 radical (unpaired) electrons. The molecule has 1 unspecified atom stereocenters. The summed E-state index contributed by atoms with van der Waals surface area (Å²) in [6, 6.07) is 15.5. The number of carbonyl (C=O) groups excluding carboxylic acids is 1. The highest BCUT2D eigenvalue weighted by atomic mass is 16.5. The van der Waals surface area contributed by atoms with E-state index in [1.54, 1.807) is 53.4 Å². The average Bonchev–Trinajstić information content (AvgIpc) is 3.21. The van der Waals surface area contributed by atoms with E-state index in [4.69, 9.17) is 9.15 Å². The molecular weight excluding hydrogens is 358 g/mol. The summed E-state index contributed by atoms with van der Waals surface area (Å²) in [5, 5.41) is 10.8. The molecule has 1 fully saturated rings. The third-order valence-electron chi connectivity index (χ3n) is 4.96. The van der Waals surface area contributed by atoms with Crippen LogP contribution in [0, 0.1) is 0 Å². The number of phenols is 1. The first-order valence-electron chi connectivity index (χ1n) is 9.32. The zero-order valence-electron chi connectivity index (χ0n) is 15.3. The molecule has 1 atom stereocenters. The van der Waals surface area contributed by atoms with Gasteiger partial charge in [-0.05, 0) is 31.0 Å². The molecule has 28 heavy (non-hydrogen) atoms. The lowest BCUT2D eigenvalue weighted by Gasteiger charge is -2.25. The molecule has 2 heterocycles. The standard InChI is InChI=1S/C22H21NO5/c24-19-9-3-1-7-16(19)13-23(14-17-8-5-11-27-17)21(25)18-12-15-6-2-4-10-20(15)28-22(18)26/h1-4,6-7,9-10,12,17,24H,5,8,11,13-14H2. The van der Waals surface area contributed by atoms with Crippen LogP contribution in [0.4, 0.5) is 0 Å². The van der Waals surface area contributed by atoms with Crippen LogP contribution in [0.5, 0.6) is 5.75 Å². The van der Waals surface area contributed by atoms with Crippen LogP contribution in [0.3, 0.4) is 0 Å². The van der Waals surface area contributed by atoms with Gasteiger partial charge in [-0.25, -0.2) is 4.79 Å². The van der Waals surface area contributed by atoms with Crippen LogP contribution in [0.1, 0.15) is 28.8 Å². The molecule has 2 aromatic carbocycles. The number of aromatic hydroxyl groups is 1. The number of amides is 1. The van der Waals surface area contributed by atoms with Gasteiger partial charge in [0.15, 0.2) is 0 Å². The van der Waals surface area contributed by atoms with Crippen molar-refractivity contribution in [2.75, 3.05) is 13.2 Å². The monoisotopic (exact) mass is 379 g/mol. The van der Waals surface area contributed by atoms with Crippen LogP contribution in [-0.2, 0) is 11.3 Å². The minimum Gasteiger partial charge on any atom is -0.508 e. The quantitative estimate of drug-likeness (QED) is 0.688. The Morgan fingerprint density at radius 1 is 1.14 bits per heavy atom. The molecule has 0 aliphatic carbocycles. The fourth-order valence-electron chi connectivity index (χ4n) is 3.48. The number of para-hydroxylation sites is 2. The van der Waals surface area contributed by atoms with Crippen molar-refractivity contribution in [2.45, 2.75) is 25.5 Å². The van der Waals surface area contributed by atoms with E-state index in [1.807, 2.05) is 6.07 Å². The van der Waals surface area contributed by atoms with E-state index in [0.29, 0.717) is 29.7 Å². The van der Waals surface area contributed by atoms with Gasteiger partial charge in [-0.1, -0.05) is 36.4 Å². The molecule has 6 nitrogen and oxygen atoms in total. The summed E-state index contributed by atoms with van der Waals surface area (Å²) in [4.78, 5) is 27.2. The largest absolute Gasteiger partial charge is 0.508 e. The number of fused-ring (bicyclic) bond motifs is 1. The summed E-state index contributed by atoms with van der Waals surface area (Å²) in [5.74, 6) is -0.323. The van der Waals surface area contributed by atoms with Crippen LogP contribution in [0.2, 0.25) is 0 Å². The van der Waals surface area contributed by atoms with Gasteiger partial charge in [0.05, 0.1) is 6.10 Å². The Morgan fingerprint density at radius 3 is 2.71 bits per heavy atom. The number of nitrogens with zero attached hydrogens (tertiary/aromatic N) is 1. The topological polar surface area (TPSA) is 80.0 Å². The van der Waals surface area contributed by atoms with Crippen molar-refractivity contribution in [3.8, 4) is 5.75 Å². The van der Waals surface area contributed by atoms with Crippen LogP contribution in [0.15, 0.2) is 63.8 Å². The minimum absolute atomic E-state index is 0.0212. The van der Waals surface area contributed by atoms with Crippen LogP contribution in [-0.4, -0.2) is 35.2 Å². The molecule has 1 saturated heterocycles. The number of hydrogen-bond donors (Lipinski definition) is 1. The fraction of sp³-hybridized carbons (Fsp3) is 0.273. The number of rotatable bonds is 5. The van der Waals surface area contributed by atoms with E-state index >= 15 is 0 Å². The Morgan fingerprint density at radius 2 is 1.93 bits per heavy atom. The summed E-state index contributed by atoms with van der Waals surface area (Å²) < 4.78 is 11.0. The molecule has 1 N–H and O–H groups in total. The molecule has 4 rings (SSSR count). The van der Waals surface area contributed by atoms with Crippen molar-refractivity contribution < 1.29 is 19.1 Å². The molecule has 1 aliphatic rings. The maximum absolute atomic E-state index is 13.2. The average molecular weight is 379 g/mol. The summed E-state index contributed by atoms with van der Waals surface area (Å²) >= 11 is 0. The van der Waals surface area contributed by atoms with Crippen molar-refractivity contribution in [3.05, 3.63) is 76.1 Å². The number of carbonyl (C=O) groups is 1. The first kappa shape index (κ1) is 18.3. The van der Waals surface area contributed by atoms with Gasteiger partial charge in [-0.2, -0.15) is 0 Å². The summed E-state index contributed by atoms with van der Waals surface area (Å²) in [6.07, 6.45) is 1.72. The molecule has 0 spiro atoms. The Hall–Kier alpha value is -3.12. The van der Waals surface area contributed by atoms with E-state index in [9.17, 15) is 14.7 Å².